The van der Waals surface area contributed by atoms with Gasteiger partial charge in [-0.2, -0.15) is 0 Å². The van der Waals surface area contributed by atoms with Crippen molar-refractivity contribution < 1.29 is 19.1 Å². The van der Waals surface area contributed by atoms with Crippen LogP contribution in [0.5, 0.6) is 5.75 Å². The number of hydrogen-bond donors (Lipinski definition) is 2. The summed E-state index contributed by atoms with van der Waals surface area (Å²) in [4.78, 5) is 38.1. The van der Waals surface area contributed by atoms with Crippen LogP contribution in [0, 0.1) is 0 Å². The number of hydrogen-bond acceptors (Lipinski definition) is 4. The van der Waals surface area contributed by atoms with Gasteiger partial charge in [0.15, 0.2) is 0 Å². The quantitative estimate of drug-likeness (QED) is 0.485. The Hall–Kier alpha value is -2.57. The highest BCUT2D eigenvalue weighted by molar-refractivity contribution is 6.09. The van der Waals surface area contributed by atoms with Crippen molar-refractivity contribution in [3.8, 4) is 5.75 Å². The summed E-state index contributed by atoms with van der Waals surface area (Å²) < 4.78 is 5.35. The molecule has 0 saturated carbocycles. The molecule has 148 valence electrons. The summed E-state index contributed by atoms with van der Waals surface area (Å²) in [6.45, 7) is 6.00. The van der Waals surface area contributed by atoms with Gasteiger partial charge in [-0.25, -0.2) is 4.79 Å². The van der Waals surface area contributed by atoms with E-state index in [9.17, 15) is 14.4 Å². The van der Waals surface area contributed by atoms with E-state index < -0.39 is 17.5 Å². The monoisotopic (exact) mass is 375 g/mol. The molecule has 4 amide bonds. The van der Waals surface area contributed by atoms with E-state index >= 15 is 0 Å². The van der Waals surface area contributed by atoms with Gasteiger partial charge in [-0.1, -0.05) is 32.6 Å². The van der Waals surface area contributed by atoms with E-state index in [2.05, 4.69) is 17.6 Å². The maximum atomic E-state index is 12.7. The van der Waals surface area contributed by atoms with Gasteiger partial charge in [0.05, 0.1) is 6.61 Å². The van der Waals surface area contributed by atoms with Crippen LogP contribution in [-0.2, 0) is 9.59 Å². The predicted octanol–water partition coefficient (Wildman–Crippen LogP) is 3.30. The van der Waals surface area contributed by atoms with Crippen LogP contribution in [0.2, 0.25) is 0 Å². The molecule has 2 rings (SSSR count). The fourth-order valence-electron chi connectivity index (χ4n) is 3.11. The Bertz CT molecular complexity index is 674. The zero-order valence-corrected chi connectivity index (χ0v) is 16.3. The molecule has 27 heavy (non-hydrogen) atoms. The van der Waals surface area contributed by atoms with Crippen LogP contribution in [0.1, 0.15) is 52.9 Å². The average molecular weight is 375 g/mol. The number of anilines is 1. The fourth-order valence-corrected chi connectivity index (χ4v) is 3.11. The second-order valence-electron chi connectivity index (χ2n) is 6.97. The lowest BCUT2D eigenvalue weighted by Gasteiger charge is -2.21. The SMILES string of the molecule is CCCCCCC1(C)NC(=O)N(CC(=O)Nc2ccc(OCC)cc2)C1=O. The molecule has 7 nitrogen and oxygen atoms in total. The molecule has 1 fully saturated rings. The number of benzene rings is 1. The third kappa shape index (κ3) is 5.45. The molecular weight excluding hydrogens is 346 g/mol. The highest BCUT2D eigenvalue weighted by atomic mass is 16.5. The number of nitrogens with zero attached hydrogens (tertiary/aromatic N) is 1. The molecule has 1 saturated heterocycles. The summed E-state index contributed by atoms with van der Waals surface area (Å²) in [5, 5.41) is 5.44. The zero-order valence-electron chi connectivity index (χ0n) is 16.3. The van der Waals surface area contributed by atoms with Gasteiger partial charge in [0.25, 0.3) is 5.91 Å². The van der Waals surface area contributed by atoms with Crippen molar-refractivity contribution in [3.05, 3.63) is 24.3 Å². The fraction of sp³-hybridized carbons (Fsp3) is 0.550. The third-order valence-electron chi connectivity index (χ3n) is 4.63. The van der Waals surface area contributed by atoms with Crippen LogP contribution in [0.3, 0.4) is 0 Å². The van der Waals surface area contributed by atoms with Crippen molar-refractivity contribution in [1.29, 1.82) is 0 Å². The van der Waals surface area contributed by atoms with Crippen molar-refractivity contribution in [2.24, 2.45) is 0 Å². The first-order chi connectivity index (χ1) is 12.9. The Kier molecular flexibility index (Phi) is 7.21. The largest absolute Gasteiger partial charge is 0.494 e. The molecule has 1 aliphatic rings. The van der Waals surface area contributed by atoms with E-state index in [1.165, 1.54) is 0 Å². The van der Waals surface area contributed by atoms with Gasteiger partial charge in [0, 0.05) is 5.69 Å². The van der Waals surface area contributed by atoms with Crippen LogP contribution in [0.15, 0.2) is 24.3 Å². The molecule has 7 heteroatoms. The molecular formula is C20H29N3O4. The minimum absolute atomic E-state index is 0.303. The number of nitrogens with one attached hydrogen (secondary N) is 2. The minimum Gasteiger partial charge on any atom is -0.494 e. The summed E-state index contributed by atoms with van der Waals surface area (Å²) in [7, 11) is 0. The summed E-state index contributed by atoms with van der Waals surface area (Å²) in [6, 6.07) is 6.42. The van der Waals surface area contributed by atoms with E-state index in [1.807, 2.05) is 6.92 Å². The minimum atomic E-state index is -0.926. The van der Waals surface area contributed by atoms with Gasteiger partial charge < -0.3 is 15.4 Å². The van der Waals surface area contributed by atoms with Crippen molar-refractivity contribution >= 4 is 23.5 Å². The number of imide groups is 1. The second-order valence-corrected chi connectivity index (χ2v) is 6.97. The molecule has 2 N–H and O–H groups in total. The summed E-state index contributed by atoms with van der Waals surface area (Å²) >= 11 is 0. The maximum Gasteiger partial charge on any atom is 0.325 e. The van der Waals surface area contributed by atoms with E-state index in [1.54, 1.807) is 31.2 Å². The topological polar surface area (TPSA) is 87.7 Å². The number of rotatable bonds is 10. The summed E-state index contributed by atoms with van der Waals surface area (Å²) in [5.74, 6) is -0.0489. The number of unbranched alkanes of at least 4 members (excludes halogenated alkanes) is 3. The molecule has 1 atom stereocenters. The highest BCUT2D eigenvalue weighted by Crippen LogP contribution is 2.24. The average Bonchev–Trinajstić information content (AvgIpc) is 2.84. The lowest BCUT2D eigenvalue weighted by molar-refractivity contribution is -0.133. The maximum absolute atomic E-state index is 12.7. The number of amides is 4. The van der Waals surface area contributed by atoms with Gasteiger partial charge in [-0.3, -0.25) is 14.5 Å². The van der Waals surface area contributed by atoms with Crippen molar-refractivity contribution in [2.75, 3.05) is 18.5 Å². The van der Waals surface area contributed by atoms with E-state index in [0.717, 1.165) is 30.6 Å². The van der Waals surface area contributed by atoms with Crippen molar-refractivity contribution in [3.63, 3.8) is 0 Å². The van der Waals surface area contributed by atoms with Crippen LogP contribution in [-0.4, -0.2) is 41.4 Å². The molecule has 1 aliphatic heterocycles. The first-order valence-corrected chi connectivity index (χ1v) is 9.56. The molecule has 1 aromatic rings. The molecule has 0 spiro atoms. The number of carbonyl (C=O) groups is 3. The summed E-state index contributed by atoms with van der Waals surface area (Å²) in [5.41, 5.74) is -0.345. The smallest absolute Gasteiger partial charge is 0.325 e. The lowest BCUT2D eigenvalue weighted by atomic mass is 9.94. The molecule has 1 heterocycles. The van der Waals surface area contributed by atoms with E-state index in [4.69, 9.17) is 4.74 Å². The van der Waals surface area contributed by atoms with Crippen molar-refractivity contribution in [1.82, 2.24) is 10.2 Å². The highest BCUT2D eigenvalue weighted by Gasteiger charge is 2.47. The molecule has 0 bridgehead atoms. The first kappa shape index (κ1) is 20.7. The Morgan fingerprint density at radius 3 is 2.48 bits per heavy atom. The Morgan fingerprint density at radius 1 is 1.15 bits per heavy atom. The third-order valence-corrected chi connectivity index (χ3v) is 4.63. The molecule has 0 aliphatic carbocycles. The van der Waals surface area contributed by atoms with Crippen LogP contribution in [0.25, 0.3) is 0 Å². The van der Waals surface area contributed by atoms with Gasteiger partial charge in [-0.15, -0.1) is 0 Å². The molecule has 1 unspecified atom stereocenters. The Labute approximate surface area is 160 Å². The van der Waals surface area contributed by atoms with Crippen LogP contribution in [0.4, 0.5) is 10.5 Å². The van der Waals surface area contributed by atoms with E-state index in [-0.39, 0.29) is 12.5 Å². The van der Waals surface area contributed by atoms with Gasteiger partial charge in [0.1, 0.15) is 17.8 Å². The Morgan fingerprint density at radius 2 is 1.85 bits per heavy atom. The lowest BCUT2D eigenvalue weighted by Crippen LogP contribution is -2.44. The Balaban J connectivity index is 1.90. The van der Waals surface area contributed by atoms with E-state index in [0.29, 0.717) is 24.5 Å². The normalized spacial score (nSPS) is 19.1. The van der Waals surface area contributed by atoms with Crippen LogP contribution >= 0.6 is 0 Å². The second kappa shape index (κ2) is 9.39. The predicted molar refractivity (Wildman–Crippen MR) is 104 cm³/mol. The summed E-state index contributed by atoms with van der Waals surface area (Å²) in [6.07, 6.45) is 4.67. The van der Waals surface area contributed by atoms with Gasteiger partial charge >= 0.3 is 6.03 Å². The number of urea groups is 1. The molecule has 0 aromatic heterocycles. The number of ether oxygens (including phenoxy) is 1. The van der Waals surface area contributed by atoms with Gasteiger partial charge in [0.2, 0.25) is 5.91 Å². The molecule has 0 radical (unpaired) electrons. The van der Waals surface area contributed by atoms with Crippen molar-refractivity contribution in [2.45, 2.75) is 58.4 Å². The molecule has 1 aromatic carbocycles. The van der Waals surface area contributed by atoms with Gasteiger partial charge in [-0.05, 0) is 44.5 Å². The van der Waals surface area contributed by atoms with Crippen LogP contribution < -0.4 is 15.4 Å². The number of carbonyl (C=O) groups excluding carboxylic acids is 3. The zero-order chi connectivity index (χ0) is 19.9. The first-order valence-electron chi connectivity index (χ1n) is 9.56. The standard InChI is InChI=1S/C20H29N3O4/c1-4-6-7-8-13-20(3)18(25)23(19(26)22-20)14-17(24)21-15-9-11-16(12-10-15)27-5-2/h9-12H,4-8,13-14H2,1-3H3,(H,21,24)(H,22,26).